The van der Waals surface area contributed by atoms with Crippen LogP contribution in [0.1, 0.15) is 26.3 Å². The van der Waals surface area contributed by atoms with E-state index in [9.17, 15) is 0 Å². The molecule has 118 valence electrons. The molecule has 0 fully saturated rings. The highest BCUT2D eigenvalue weighted by molar-refractivity contribution is 14.0. The standard InChI is InChI=1S/C16H26N4.HI/c1-4-17-16(18-5-2)19-12-13(3)20-11-10-14-8-6-7-9-15(14)20;/h6-9,13H,4-5,10-12H2,1-3H3,(H2,17,18,19);1H. The molecule has 2 rings (SSSR count). The van der Waals surface area contributed by atoms with E-state index in [1.807, 2.05) is 0 Å². The zero-order valence-electron chi connectivity index (χ0n) is 13.2. The lowest BCUT2D eigenvalue weighted by Gasteiger charge is -2.26. The highest BCUT2D eigenvalue weighted by Gasteiger charge is 2.22. The number of rotatable bonds is 5. The maximum Gasteiger partial charge on any atom is 0.191 e. The summed E-state index contributed by atoms with van der Waals surface area (Å²) in [6, 6.07) is 9.12. The average Bonchev–Trinajstić information content (AvgIpc) is 2.89. The third kappa shape index (κ3) is 4.76. The summed E-state index contributed by atoms with van der Waals surface area (Å²) >= 11 is 0. The van der Waals surface area contributed by atoms with Crippen LogP contribution < -0.4 is 15.5 Å². The Balaban J connectivity index is 0.00000220. The summed E-state index contributed by atoms with van der Waals surface area (Å²) in [5.41, 5.74) is 2.84. The molecule has 5 heteroatoms. The molecule has 0 amide bonds. The van der Waals surface area contributed by atoms with Crippen molar-refractivity contribution in [3.8, 4) is 0 Å². The maximum atomic E-state index is 4.67. The number of para-hydroxylation sites is 1. The normalized spacial score (nSPS) is 14.0. The molecule has 1 aliphatic heterocycles. The Morgan fingerprint density at radius 3 is 2.57 bits per heavy atom. The lowest BCUT2D eigenvalue weighted by Crippen LogP contribution is -2.39. The van der Waals surface area contributed by atoms with Crippen molar-refractivity contribution in [1.82, 2.24) is 10.6 Å². The maximum absolute atomic E-state index is 4.67. The van der Waals surface area contributed by atoms with Crippen LogP contribution in [0.5, 0.6) is 0 Å². The predicted molar refractivity (Wildman–Crippen MR) is 102 cm³/mol. The van der Waals surface area contributed by atoms with E-state index >= 15 is 0 Å². The Bertz CT molecular complexity index is 453. The molecule has 1 aliphatic rings. The number of benzene rings is 1. The summed E-state index contributed by atoms with van der Waals surface area (Å²) < 4.78 is 0. The first kappa shape index (κ1) is 18.1. The van der Waals surface area contributed by atoms with E-state index in [0.717, 1.165) is 38.6 Å². The van der Waals surface area contributed by atoms with Crippen LogP contribution in [0, 0.1) is 0 Å². The van der Waals surface area contributed by atoms with E-state index in [2.05, 4.69) is 65.6 Å². The van der Waals surface area contributed by atoms with Crippen LogP contribution in [-0.4, -0.2) is 38.2 Å². The van der Waals surface area contributed by atoms with Gasteiger partial charge in [-0.1, -0.05) is 18.2 Å². The number of fused-ring (bicyclic) bond motifs is 1. The van der Waals surface area contributed by atoms with Crippen LogP contribution in [0.4, 0.5) is 5.69 Å². The molecule has 0 bridgehead atoms. The Morgan fingerprint density at radius 2 is 1.90 bits per heavy atom. The SMILES string of the molecule is CCNC(=NCC(C)N1CCc2ccccc21)NCC.I. The number of guanidine groups is 1. The van der Waals surface area contributed by atoms with E-state index in [1.54, 1.807) is 0 Å². The fourth-order valence-electron chi connectivity index (χ4n) is 2.65. The second-order valence-corrected chi connectivity index (χ2v) is 5.17. The van der Waals surface area contributed by atoms with Gasteiger partial charge in [0.05, 0.1) is 6.54 Å². The molecule has 1 atom stereocenters. The van der Waals surface area contributed by atoms with Crippen LogP contribution in [0.25, 0.3) is 0 Å². The summed E-state index contributed by atoms with van der Waals surface area (Å²) in [6.45, 7) is 10.1. The third-order valence-corrected chi connectivity index (χ3v) is 3.66. The summed E-state index contributed by atoms with van der Waals surface area (Å²) in [5.74, 6) is 0.911. The lowest BCUT2D eigenvalue weighted by atomic mass is 10.2. The van der Waals surface area contributed by atoms with Gasteiger partial charge < -0.3 is 15.5 Å². The molecule has 0 radical (unpaired) electrons. The lowest BCUT2D eigenvalue weighted by molar-refractivity contribution is 0.658. The van der Waals surface area contributed by atoms with E-state index in [0.29, 0.717) is 6.04 Å². The first-order valence-electron chi connectivity index (χ1n) is 7.63. The molecule has 1 aromatic carbocycles. The van der Waals surface area contributed by atoms with Crippen molar-refractivity contribution in [3.05, 3.63) is 29.8 Å². The van der Waals surface area contributed by atoms with Gasteiger partial charge in [0.1, 0.15) is 0 Å². The molecule has 21 heavy (non-hydrogen) atoms. The van der Waals surface area contributed by atoms with E-state index in [-0.39, 0.29) is 24.0 Å². The number of aliphatic imine (C=N–C) groups is 1. The Labute approximate surface area is 145 Å². The van der Waals surface area contributed by atoms with Crippen LogP contribution in [0.3, 0.4) is 0 Å². The predicted octanol–water partition coefficient (Wildman–Crippen LogP) is 2.63. The minimum atomic E-state index is 0. The second-order valence-electron chi connectivity index (χ2n) is 5.17. The Hall–Kier alpha value is -0.980. The second kappa shape index (κ2) is 9.12. The minimum Gasteiger partial charge on any atom is -0.366 e. The average molecular weight is 402 g/mol. The van der Waals surface area contributed by atoms with Gasteiger partial charge in [0.25, 0.3) is 0 Å². The summed E-state index contributed by atoms with van der Waals surface area (Å²) in [6.07, 6.45) is 1.15. The molecule has 1 aromatic rings. The molecule has 0 saturated carbocycles. The van der Waals surface area contributed by atoms with Gasteiger partial charge in [-0.2, -0.15) is 0 Å². The highest BCUT2D eigenvalue weighted by atomic mass is 127. The minimum absolute atomic E-state index is 0. The molecule has 4 nitrogen and oxygen atoms in total. The van der Waals surface area contributed by atoms with Gasteiger partial charge in [0, 0.05) is 31.4 Å². The zero-order valence-corrected chi connectivity index (χ0v) is 15.6. The van der Waals surface area contributed by atoms with Crippen molar-refractivity contribution in [3.63, 3.8) is 0 Å². The molecule has 1 heterocycles. The highest BCUT2D eigenvalue weighted by Crippen LogP contribution is 2.29. The van der Waals surface area contributed by atoms with Gasteiger partial charge in [-0.05, 0) is 38.8 Å². The summed E-state index contributed by atoms with van der Waals surface area (Å²) in [4.78, 5) is 7.14. The van der Waals surface area contributed by atoms with Gasteiger partial charge >= 0.3 is 0 Å². The number of nitrogens with zero attached hydrogens (tertiary/aromatic N) is 2. The first-order chi connectivity index (χ1) is 9.76. The Morgan fingerprint density at radius 1 is 1.24 bits per heavy atom. The van der Waals surface area contributed by atoms with Gasteiger partial charge in [0.2, 0.25) is 0 Å². The molecule has 0 aliphatic carbocycles. The largest absolute Gasteiger partial charge is 0.366 e. The van der Waals surface area contributed by atoms with Crippen LogP contribution in [-0.2, 0) is 6.42 Å². The fourth-order valence-corrected chi connectivity index (χ4v) is 2.65. The summed E-state index contributed by atoms with van der Waals surface area (Å²) in [5, 5.41) is 6.54. The smallest absolute Gasteiger partial charge is 0.191 e. The van der Waals surface area contributed by atoms with Crippen LogP contribution in [0.2, 0.25) is 0 Å². The third-order valence-electron chi connectivity index (χ3n) is 3.66. The molecule has 0 aromatic heterocycles. The number of hydrogen-bond donors (Lipinski definition) is 2. The molecular formula is C16H27IN4. The fraction of sp³-hybridized carbons (Fsp3) is 0.562. The molecule has 1 unspecified atom stereocenters. The summed E-state index contributed by atoms with van der Waals surface area (Å²) in [7, 11) is 0. The monoisotopic (exact) mass is 402 g/mol. The number of hydrogen-bond acceptors (Lipinski definition) is 2. The van der Waals surface area contributed by atoms with E-state index in [4.69, 9.17) is 0 Å². The van der Waals surface area contributed by atoms with Gasteiger partial charge in [-0.15, -0.1) is 24.0 Å². The first-order valence-corrected chi connectivity index (χ1v) is 7.63. The van der Waals surface area contributed by atoms with Crippen LogP contribution in [0.15, 0.2) is 29.3 Å². The molecule has 0 saturated heterocycles. The number of anilines is 1. The topological polar surface area (TPSA) is 39.7 Å². The van der Waals surface area contributed by atoms with Gasteiger partial charge in [-0.25, -0.2) is 0 Å². The van der Waals surface area contributed by atoms with Crippen molar-refractivity contribution in [2.75, 3.05) is 31.1 Å². The zero-order chi connectivity index (χ0) is 14.4. The van der Waals surface area contributed by atoms with Gasteiger partial charge in [-0.3, -0.25) is 4.99 Å². The number of nitrogens with one attached hydrogen (secondary N) is 2. The van der Waals surface area contributed by atoms with E-state index in [1.165, 1.54) is 11.3 Å². The molecule has 0 spiro atoms. The van der Waals surface area contributed by atoms with Crippen molar-refractivity contribution in [1.29, 1.82) is 0 Å². The van der Waals surface area contributed by atoms with Crippen LogP contribution >= 0.6 is 24.0 Å². The van der Waals surface area contributed by atoms with Crippen molar-refractivity contribution < 1.29 is 0 Å². The van der Waals surface area contributed by atoms with E-state index < -0.39 is 0 Å². The van der Waals surface area contributed by atoms with Crippen molar-refractivity contribution in [2.45, 2.75) is 33.2 Å². The van der Waals surface area contributed by atoms with Gasteiger partial charge in [0.15, 0.2) is 5.96 Å². The molecule has 2 N–H and O–H groups in total. The molecular weight excluding hydrogens is 375 g/mol. The van der Waals surface area contributed by atoms with Crippen molar-refractivity contribution >= 4 is 35.6 Å². The number of halogens is 1. The quantitative estimate of drug-likeness (QED) is 0.452. The Kier molecular flexibility index (Phi) is 7.85. The van der Waals surface area contributed by atoms with Crippen molar-refractivity contribution in [2.24, 2.45) is 4.99 Å².